The number of aromatic nitrogens is 2. The largest absolute Gasteiger partial charge is 0.368 e. The summed E-state index contributed by atoms with van der Waals surface area (Å²) >= 11 is 0. The monoisotopic (exact) mass is 336 g/mol. The van der Waals surface area contributed by atoms with Crippen LogP contribution in [0, 0.1) is 0 Å². The summed E-state index contributed by atoms with van der Waals surface area (Å²) in [4.78, 5) is 4.49. The van der Waals surface area contributed by atoms with E-state index >= 15 is 0 Å². The highest BCUT2D eigenvalue weighted by atomic mass is 32.2. The minimum atomic E-state index is -3.27. The maximum atomic E-state index is 11.6. The third kappa shape index (κ3) is 4.15. The highest BCUT2D eigenvalue weighted by molar-refractivity contribution is 7.90. The number of benzene rings is 1. The molecule has 1 fully saturated rings. The van der Waals surface area contributed by atoms with Crippen molar-refractivity contribution in [1.82, 2.24) is 15.5 Å². The fourth-order valence-corrected chi connectivity index (χ4v) is 3.05. The molecule has 0 N–H and O–H groups in total. The van der Waals surface area contributed by atoms with Gasteiger partial charge in [-0.15, -0.1) is 0 Å². The normalized spacial score (nSPS) is 16.6. The van der Waals surface area contributed by atoms with Crippen molar-refractivity contribution in [1.29, 1.82) is 0 Å². The van der Waals surface area contributed by atoms with Gasteiger partial charge in [-0.05, 0) is 25.0 Å². The molecule has 7 nitrogen and oxygen atoms in total. The van der Waals surface area contributed by atoms with Crippen molar-refractivity contribution in [2.24, 2.45) is 0 Å². The van der Waals surface area contributed by atoms with Gasteiger partial charge < -0.3 is 9.26 Å². The van der Waals surface area contributed by atoms with E-state index in [1.807, 2.05) is 0 Å². The lowest BCUT2D eigenvalue weighted by molar-refractivity contribution is 0.00811. The molecule has 0 spiro atoms. The van der Waals surface area contributed by atoms with Crippen LogP contribution in [-0.4, -0.2) is 44.0 Å². The standard InChI is InChI=1S/C15H18N3O4S/c1-23(19,20)13-4-2-3-11(9-13)15-17-14(22-18-15)10-21-12-5-7-16-8-6-12/h2-4,9,12H,5-8,10H2,1H3. The lowest BCUT2D eigenvalue weighted by atomic mass is 10.1. The first-order valence-electron chi connectivity index (χ1n) is 7.40. The molecule has 1 aromatic carbocycles. The van der Waals surface area contributed by atoms with Crippen molar-refractivity contribution < 1.29 is 17.7 Å². The molecular formula is C15H18N3O4S. The number of nitrogens with zero attached hydrogens (tertiary/aromatic N) is 3. The molecule has 23 heavy (non-hydrogen) atoms. The first-order chi connectivity index (χ1) is 11.0. The molecule has 0 saturated carbocycles. The molecule has 1 aromatic heterocycles. The Hall–Kier alpha value is -1.77. The van der Waals surface area contributed by atoms with Gasteiger partial charge in [0.1, 0.15) is 6.61 Å². The van der Waals surface area contributed by atoms with E-state index in [2.05, 4.69) is 15.5 Å². The molecule has 1 radical (unpaired) electrons. The van der Waals surface area contributed by atoms with E-state index in [4.69, 9.17) is 9.26 Å². The zero-order valence-corrected chi connectivity index (χ0v) is 13.6. The fourth-order valence-electron chi connectivity index (χ4n) is 2.38. The van der Waals surface area contributed by atoms with E-state index in [0.29, 0.717) is 17.3 Å². The molecule has 1 saturated heterocycles. The summed E-state index contributed by atoms with van der Waals surface area (Å²) in [5.74, 6) is 0.736. The van der Waals surface area contributed by atoms with Crippen molar-refractivity contribution >= 4 is 9.84 Å². The summed E-state index contributed by atoms with van der Waals surface area (Å²) in [6, 6.07) is 6.47. The predicted molar refractivity (Wildman–Crippen MR) is 82.5 cm³/mol. The molecule has 0 aliphatic carbocycles. The Morgan fingerprint density at radius 1 is 1.30 bits per heavy atom. The molecule has 1 aliphatic rings. The van der Waals surface area contributed by atoms with Gasteiger partial charge in [-0.3, -0.25) is 0 Å². The van der Waals surface area contributed by atoms with Crippen molar-refractivity contribution in [3.63, 3.8) is 0 Å². The van der Waals surface area contributed by atoms with Crippen molar-refractivity contribution in [3.05, 3.63) is 30.2 Å². The third-order valence-electron chi connectivity index (χ3n) is 3.65. The summed E-state index contributed by atoms with van der Waals surface area (Å²) in [5, 5.41) is 8.17. The average Bonchev–Trinajstić information content (AvgIpc) is 3.02. The third-order valence-corrected chi connectivity index (χ3v) is 4.76. The minimum absolute atomic E-state index is 0.177. The Labute approximate surface area is 135 Å². The van der Waals surface area contributed by atoms with Crippen LogP contribution in [0.3, 0.4) is 0 Å². The maximum absolute atomic E-state index is 11.6. The molecule has 123 valence electrons. The summed E-state index contributed by atoms with van der Waals surface area (Å²) in [6.45, 7) is 1.92. The molecule has 3 rings (SSSR count). The number of rotatable bonds is 5. The Morgan fingerprint density at radius 2 is 2.09 bits per heavy atom. The lowest BCUT2D eigenvalue weighted by Gasteiger charge is -2.20. The molecule has 0 bridgehead atoms. The van der Waals surface area contributed by atoms with Crippen LogP contribution in [0.25, 0.3) is 11.4 Å². The van der Waals surface area contributed by atoms with E-state index in [9.17, 15) is 8.42 Å². The predicted octanol–water partition coefficient (Wildman–Crippen LogP) is 1.42. The van der Waals surface area contributed by atoms with Gasteiger partial charge in [-0.1, -0.05) is 17.3 Å². The Balaban J connectivity index is 1.69. The van der Waals surface area contributed by atoms with E-state index in [0.717, 1.165) is 32.2 Å². The minimum Gasteiger partial charge on any atom is -0.368 e. The number of ether oxygens (including phenoxy) is 1. The summed E-state index contributed by atoms with van der Waals surface area (Å²) in [6.07, 6.45) is 3.17. The second-order valence-corrected chi connectivity index (χ2v) is 7.51. The van der Waals surface area contributed by atoms with Crippen LogP contribution >= 0.6 is 0 Å². The number of sulfone groups is 1. The van der Waals surface area contributed by atoms with Crippen LogP contribution < -0.4 is 5.32 Å². The van der Waals surface area contributed by atoms with Gasteiger partial charge in [-0.2, -0.15) is 4.98 Å². The average molecular weight is 336 g/mol. The highest BCUT2D eigenvalue weighted by Gasteiger charge is 2.17. The molecule has 0 amide bonds. The second kappa shape index (κ2) is 6.77. The Bertz CT molecular complexity index is 767. The lowest BCUT2D eigenvalue weighted by Crippen LogP contribution is -2.28. The van der Waals surface area contributed by atoms with Gasteiger partial charge in [0.15, 0.2) is 9.84 Å². The smallest absolute Gasteiger partial charge is 0.252 e. The van der Waals surface area contributed by atoms with Crippen molar-refractivity contribution in [2.45, 2.75) is 30.4 Å². The van der Waals surface area contributed by atoms with Gasteiger partial charge in [0.2, 0.25) is 5.82 Å². The molecule has 0 atom stereocenters. The van der Waals surface area contributed by atoms with E-state index < -0.39 is 9.84 Å². The number of piperidine rings is 1. The molecule has 8 heteroatoms. The highest BCUT2D eigenvalue weighted by Crippen LogP contribution is 2.20. The van der Waals surface area contributed by atoms with Gasteiger partial charge in [0.05, 0.1) is 11.0 Å². The maximum Gasteiger partial charge on any atom is 0.252 e. The van der Waals surface area contributed by atoms with Gasteiger partial charge >= 0.3 is 0 Å². The molecule has 2 heterocycles. The van der Waals surface area contributed by atoms with Crippen LogP contribution in [0.1, 0.15) is 18.7 Å². The Morgan fingerprint density at radius 3 is 2.83 bits per heavy atom. The van der Waals surface area contributed by atoms with Crippen molar-refractivity contribution in [3.8, 4) is 11.4 Å². The first-order valence-corrected chi connectivity index (χ1v) is 9.29. The molecule has 2 aromatic rings. The van der Waals surface area contributed by atoms with Crippen molar-refractivity contribution in [2.75, 3.05) is 19.3 Å². The second-order valence-electron chi connectivity index (χ2n) is 5.49. The SMILES string of the molecule is CS(=O)(=O)c1cccc(-c2noc(COC3CC[N]CC3)n2)c1. The van der Waals surface area contributed by atoms with Crippen LogP contribution in [0.15, 0.2) is 33.7 Å². The summed E-state index contributed by atoms with van der Waals surface area (Å²) < 4.78 is 34.1. The molecule has 1 aliphatic heterocycles. The fraction of sp³-hybridized carbons (Fsp3) is 0.467. The number of hydrogen-bond donors (Lipinski definition) is 0. The van der Waals surface area contributed by atoms with E-state index in [1.54, 1.807) is 12.1 Å². The van der Waals surface area contributed by atoms with Crippen LogP contribution in [0.4, 0.5) is 0 Å². The summed E-state index contributed by atoms with van der Waals surface area (Å²) in [7, 11) is -3.27. The zero-order valence-electron chi connectivity index (χ0n) is 12.8. The van der Waals surface area contributed by atoms with E-state index in [-0.39, 0.29) is 17.6 Å². The van der Waals surface area contributed by atoms with Crippen LogP contribution in [-0.2, 0) is 21.2 Å². The summed E-state index contributed by atoms with van der Waals surface area (Å²) in [5.41, 5.74) is 0.597. The van der Waals surface area contributed by atoms with E-state index in [1.165, 1.54) is 12.1 Å². The molecule has 0 unspecified atom stereocenters. The van der Waals surface area contributed by atoms with Gasteiger partial charge in [0.25, 0.3) is 5.89 Å². The zero-order chi connectivity index (χ0) is 16.3. The Kier molecular flexibility index (Phi) is 4.74. The van der Waals surface area contributed by atoms with Crippen LogP contribution in [0.5, 0.6) is 0 Å². The molecular weight excluding hydrogens is 318 g/mol. The van der Waals surface area contributed by atoms with Gasteiger partial charge in [0, 0.05) is 24.9 Å². The van der Waals surface area contributed by atoms with Crippen LogP contribution in [0.2, 0.25) is 0 Å². The number of hydrogen-bond acceptors (Lipinski definition) is 6. The quantitative estimate of drug-likeness (QED) is 0.819. The topological polar surface area (TPSA) is 96.4 Å². The van der Waals surface area contributed by atoms with Gasteiger partial charge in [-0.25, -0.2) is 13.7 Å². The first kappa shape index (κ1) is 16.1.